The summed E-state index contributed by atoms with van der Waals surface area (Å²) in [6.07, 6.45) is -0.941. The number of hydrogen-bond donors (Lipinski definition) is 2. The van der Waals surface area contributed by atoms with Crippen molar-refractivity contribution in [2.24, 2.45) is 0 Å². The number of hydrogen-bond acceptors (Lipinski definition) is 5. The molecule has 2 aromatic carbocycles. The molecule has 132 valence electrons. The van der Waals surface area contributed by atoms with Gasteiger partial charge in [-0.3, -0.25) is 4.79 Å². The highest BCUT2D eigenvalue weighted by Crippen LogP contribution is 2.19. The lowest BCUT2D eigenvalue weighted by atomic mass is 10.2. The van der Waals surface area contributed by atoms with Gasteiger partial charge in [0, 0.05) is 16.7 Å². The average Bonchev–Trinajstić information content (AvgIpc) is 2.61. The zero-order valence-electron chi connectivity index (χ0n) is 13.9. The fourth-order valence-corrected chi connectivity index (χ4v) is 2.42. The zero-order valence-corrected chi connectivity index (χ0v) is 15.5. The highest BCUT2D eigenvalue weighted by Gasteiger charge is 2.20. The summed E-state index contributed by atoms with van der Waals surface area (Å²) in [5.41, 5.74) is 7.18. The van der Waals surface area contributed by atoms with Gasteiger partial charge in [-0.2, -0.15) is 0 Å². The van der Waals surface area contributed by atoms with Gasteiger partial charge in [-0.1, -0.05) is 28.1 Å². The van der Waals surface area contributed by atoms with Gasteiger partial charge in [-0.15, -0.1) is 0 Å². The quantitative estimate of drug-likeness (QED) is 0.568. The highest BCUT2D eigenvalue weighted by molar-refractivity contribution is 9.10. The number of amides is 1. The van der Waals surface area contributed by atoms with Crippen LogP contribution in [0.3, 0.4) is 0 Å². The summed E-state index contributed by atoms with van der Waals surface area (Å²) in [5, 5.41) is 2.72. The van der Waals surface area contributed by atoms with Crippen molar-refractivity contribution in [2.45, 2.75) is 19.6 Å². The van der Waals surface area contributed by atoms with Crippen LogP contribution in [0.2, 0.25) is 0 Å². The first-order valence-electron chi connectivity index (χ1n) is 7.57. The Hall–Kier alpha value is -2.54. The largest absolute Gasteiger partial charge is 0.497 e. The van der Waals surface area contributed by atoms with Crippen LogP contribution in [0.4, 0.5) is 5.69 Å². The lowest BCUT2D eigenvalue weighted by molar-refractivity contribution is -0.129. The number of esters is 1. The summed E-state index contributed by atoms with van der Waals surface area (Å²) >= 11 is 3.27. The van der Waals surface area contributed by atoms with Crippen LogP contribution in [0.15, 0.2) is 46.9 Å². The van der Waals surface area contributed by atoms with E-state index in [0.717, 1.165) is 11.3 Å². The van der Waals surface area contributed by atoms with Crippen LogP contribution in [-0.2, 0) is 16.1 Å². The summed E-state index contributed by atoms with van der Waals surface area (Å²) in [4.78, 5) is 24.3. The van der Waals surface area contributed by atoms with Crippen LogP contribution in [-0.4, -0.2) is 25.1 Å². The molecular weight excluding hydrogens is 388 g/mol. The van der Waals surface area contributed by atoms with Crippen molar-refractivity contribution in [1.29, 1.82) is 0 Å². The van der Waals surface area contributed by atoms with Crippen molar-refractivity contribution in [1.82, 2.24) is 5.32 Å². The van der Waals surface area contributed by atoms with Crippen molar-refractivity contribution >= 4 is 33.5 Å². The van der Waals surface area contributed by atoms with Gasteiger partial charge in [0.2, 0.25) is 0 Å². The average molecular weight is 407 g/mol. The lowest BCUT2D eigenvalue weighted by Crippen LogP contribution is -2.35. The van der Waals surface area contributed by atoms with Gasteiger partial charge in [0.15, 0.2) is 6.10 Å². The molecule has 0 aliphatic rings. The molecule has 2 aromatic rings. The second-order valence-electron chi connectivity index (χ2n) is 5.34. The van der Waals surface area contributed by atoms with Crippen LogP contribution in [0.5, 0.6) is 5.75 Å². The number of rotatable bonds is 6. The standard InChI is InChI=1S/C18H19BrN2O4/c1-11(25-18(23)15-9-13(19)5-8-16(15)20)17(22)21-10-12-3-6-14(24-2)7-4-12/h3-9,11H,10,20H2,1-2H3,(H,21,22)/t11-/m0/s1. The molecule has 0 saturated heterocycles. The molecule has 1 atom stereocenters. The molecule has 2 rings (SSSR count). The fraction of sp³-hybridized carbons (Fsp3) is 0.222. The third-order valence-corrected chi connectivity index (χ3v) is 4.01. The third kappa shape index (κ3) is 5.22. The van der Waals surface area contributed by atoms with E-state index in [4.69, 9.17) is 15.2 Å². The Labute approximate surface area is 154 Å². The molecule has 3 N–H and O–H groups in total. The number of anilines is 1. The van der Waals surface area contributed by atoms with Crippen molar-refractivity contribution in [3.05, 3.63) is 58.1 Å². The van der Waals surface area contributed by atoms with Crippen LogP contribution in [0.25, 0.3) is 0 Å². The molecule has 0 spiro atoms. The van der Waals surface area contributed by atoms with E-state index in [-0.39, 0.29) is 5.56 Å². The van der Waals surface area contributed by atoms with Crippen molar-refractivity contribution in [3.8, 4) is 5.75 Å². The van der Waals surface area contributed by atoms with E-state index in [1.54, 1.807) is 37.4 Å². The number of carbonyl (C=O) groups is 2. The second kappa shape index (κ2) is 8.53. The second-order valence-corrected chi connectivity index (χ2v) is 6.26. The van der Waals surface area contributed by atoms with E-state index in [1.807, 2.05) is 12.1 Å². The smallest absolute Gasteiger partial charge is 0.341 e. The first kappa shape index (κ1) is 18.8. The molecule has 0 saturated carbocycles. The summed E-state index contributed by atoms with van der Waals surface area (Å²) in [7, 11) is 1.59. The van der Waals surface area contributed by atoms with Gasteiger partial charge in [0.05, 0.1) is 12.7 Å². The predicted molar refractivity (Wildman–Crippen MR) is 98.3 cm³/mol. The number of carbonyl (C=O) groups excluding carboxylic acids is 2. The maximum Gasteiger partial charge on any atom is 0.341 e. The molecule has 0 aromatic heterocycles. The Morgan fingerprint density at radius 3 is 2.52 bits per heavy atom. The molecule has 0 heterocycles. The zero-order chi connectivity index (χ0) is 18.4. The molecule has 0 bridgehead atoms. The highest BCUT2D eigenvalue weighted by atomic mass is 79.9. The maximum atomic E-state index is 12.2. The van der Waals surface area contributed by atoms with Crippen LogP contribution in [0, 0.1) is 0 Å². The molecule has 25 heavy (non-hydrogen) atoms. The summed E-state index contributed by atoms with van der Waals surface area (Å²) < 4.78 is 11.0. The third-order valence-electron chi connectivity index (χ3n) is 3.51. The number of methoxy groups -OCH3 is 1. The van der Waals surface area contributed by atoms with Gasteiger partial charge in [-0.25, -0.2) is 4.79 Å². The molecule has 0 radical (unpaired) electrons. The van der Waals surface area contributed by atoms with Gasteiger partial charge in [0.25, 0.3) is 5.91 Å². The summed E-state index contributed by atoms with van der Waals surface area (Å²) in [6, 6.07) is 12.2. The van der Waals surface area contributed by atoms with E-state index >= 15 is 0 Å². The molecule has 0 aliphatic heterocycles. The molecule has 0 fully saturated rings. The topological polar surface area (TPSA) is 90.6 Å². The number of ether oxygens (including phenoxy) is 2. The number of nitrogens with one attached hydrogen (secondary N) is 1. The number of halogens is 1. The van der Waals surface area contributed by atoms with E-state index in [0.29, 0.717) is 16.7 Å². The van der Waals surface area contributed by atoms with Crippen LogP contribution in [0.1, 0.15) is 22.8 Å². The minimum absolute atomic E-state index is 0.212. The minimum atomic E-state index is -0.941. The van der Waals surface area contributed by atoms with Crippen molar-refractivity contribution in [3.63, 3.8) is 0 Å². The predicted octanol–water partition coefficient (Wildman–Crippen LogP) is 2.90. The molecule has 1 amide bonds. The molecule has 0 unspecified atom stereocenters. The van der Waals surface area contributed by atoms with Gasteiger partial charge < -0.3 is 20.5 Å². The maximum absolute atomic E-state index is 12.2. The summed E-state index contributed by atoms with van der Waals surface area (Å²) in [5.74, 6) is -0.299. The Morgan fingerprint density at radius 1 is 1.20 bits per heavy atom. The van der Waals surface area contributed by atoms with Crippen molar-refractivity contribution in [2.75, 3.05) is 12.8 Å². The monoisotopic (exact) mass is 406 g/mol. The van der Waals surface area contributed by atoms with Gasteiger partial charge >= 0.3 is 5.97 Å². The first-order valence-corrected chi connectivity index (χ1v) is 8.36. The number of benzene rings is 2. The van der Waals surface area contributed by atoms with E-state index in [2.05, 4.69) is 21.2 Å². The summed E-state index contributed by atoms with van der Waals surface area (Å²) in [6.45, 7) is 1.83. The minimum Gasteiger partial charge on any atom is -0.497 e. The normalized spacial score (nSPS) is 11.5. The first-order chi connectivity index (χ1) is 11.9. The van der Waals surface area contributed by atoms with Crippen molar-refractivity contribution < 1.29 is 19.1 Å². The number of nitrogen functional groups attached to an aromatic ring is 1. The Kier molecular flexibility index (Phi) is 6.41. The van der Waals surface area contributed by atoms with E-state index < -0.39 is 18.0 Å². The lowest BCUT2D eigenvalue weighted by Gasteiger charge is -2.14. The van der Waals surface area contributed by atoms with Crippen LogP contribution < -0.4 is 15.8 Å². The Balaban J connectivity index is 1.90. The SMILES string of the molecule is COc1ccc(CNC(=O)[C@H](C)OC(=O)c2cc(Br)ccc2N)cc1. The van der Waals surface area contributed by atoms with E-state index in [9.17, 15) is 9.59 Å². The fourth-order valence-electron chi connectivity index (χ4n) is 2.06. The van der Waals surface area contributed by atoms with Crippen LogP contribution >= 0.6 is 15.9 Å². The molecule has 0 aliphatic carbocycles. The molecule has 7 heteroatoms. The Bertz CT molecular complexity index is 762. The van der Waals surface area contributed by atoms with Gasteiger partial charge in [-0.05, 0) is 42.8 Å². The van der Waals surface area contributed by atoms with Gasteiger partial charge in [0.1, 0.15) is 5.75 Å². The molecular formula is C18H19BrN2O4. The van der Waals surface area contributed by atoms with E-state index in [1.165, 1.54) is 6.92 Å². The number of nitrogens with two attached hydrogens (primary N) is 1. The Morgan fingerprint density at radius 2 is 1.88 bits per heavy atom. The molecule has 6 nitrogen and oxygen atoms in total.